The number of nitrogens with zero attached hydrogens (tertiary/aromatic N) is 2. The van der Waals surface area contributed by atoms with E-state index in [0.717, 1.165) is 16.5 Å². The molecule has 0 unspecified atom stereocenters. The Morgan fingerprint density at radius 2 is 1.48 bits per heavy atom. The first-order chi connectivity index (χ1) is 13.0. The van der Waals surface area contributed by atoms with Gasteiger partial charge >= 0.3 is 0 Å². The average Bonchev–Trinajstić information content (AvgIpc) is 2.70. The molecule has 0 aliphatic carbocycles. The van der Waals surface area contributed by atoms with Crippen molar-refractivity contribution in [3.8, 4) is 11.1 Å². The molecule has 0 aliphatic rings. The molecule has 0 saturated carbocycles. The number of sulfonamides is 1. The van der Waals surface area contributed by atoms with Crippen LogP contribution in [0, 0.1) is 0 Å². The summed E-state index contributed by atoms with van der Waals surface area (Å²) in [6, 6.07) is 19.5. The highest BCUT2D eigenvalue weighted by molar-refractivity contribution is 7.92. The molecule has 27 heavy (non-hydrogen) atoms. The lowest BCUT2D eigenvalue weighted by atomic mass is 10.1. The van der Waals surface area contributed by atoms with Crippen molar-refractivity contribution in [2.24, 2.45) is 0 Å². The van der Waals surface area contributed by atoms with Gasteiger partial charge in [0.2, 0.25) is 0 Å². The first kappa shape index (κ1) is 17.5. The van der Waals surface area contributed by atoms with E-state index >= 15 is 0 Å². The number of para-hydroxylation sites is 1. The van der Waals surface area contributed by atoms with Gasteiger partial charge in [-0.3, -0.25) is 9.71 Å². The van der Waals surface area contributed by atoms with E-state index in [1.165, 1.54) is 12.1 Å². The number of hydrogen-bond acceptors (Lipinski definition) is 4. The van der Waals surface area contributed by atoms with Gasteiger partial charge in [-0.25, -0.2) is 13.4 Å². The molecule has 0 fully saturated rings. The Morgan fingerprint density at radius 1 is 0.815 bits per heavy atom. The zero-order valence-electron chi connectivity index (χ0n) is 14.0. The highest BCUT2D eigenvalue weighted by Gasteiger charge is 2.16. The van der Waals surface area contributed by atoms with Gasteiger partial charge in [-0.1, -0.05) is 48.0 Å². The standard InChI is InChI=1S/C20H14ClN3O2S/c21-20-19(24-27(25,26)17-7-2-1-3-8-17)11-16(13-23-20)15-10-14-6-4-5-9-18(14)22-12-15/h1-13,24H. The minimum absolute atomic E-state index is 0.0759. The maximum absolute atomic E-state index is 12.6. The number of pyridine rings is 2. The number of nitrogens with one attached hydrogen (secondary N) is 1. The summed E-state index contributed by atoms with van der Waals surface area (Å²) in [5.74, 6) is 0. The summed E-state index contributed by atoms with van der Waals surface area (Å²) in [7, 11) is -3.76. The molecule has 1 N–H and O–H groups in total. The molecular formula is C20H14ClN3O2S. The molecule has 0 spiro atoms. The van der Waals surface area contributed by atoms with E-state index in [9.17, 15) is 8.42 Å². The molecule has 2 aromatic carbocycles. The Labute approximate surface area is 161 Å². The van der Waals surface area contributed by atoms with Crippen LogP contribution < -0.4 is 4.72 Å². The van der Waals surface area contributed by atoms with E-state index in [1.807, 2.05) is 30.3 Å². The van der Waals surface area contributed by atoms with Crippen LogP contribution >= 0.6 is 11.6 Å². The van der Waals surface area contributed by atoms with Crippen molar-refractivity contribution in [2.75, 3.05) is 4.72 Å². The van der Waals surface area contributed by atoms with Crippen molar-refractivity contribution in [1.29, 1.82) is 0 Å². The molecule has 0 atom stereocenters. The van der Waals surface area contributed by atoms with Crippen molar-refractivity contribution in [3.63, 3.8) is 0 Å². The van der Waals surface area contributed by atoms with Gasteiger partial charge in [-0.15, -0.1) is 0 Å². The molecule has 5 nitrogen and oxygen atoms in total. The summed E-state index contributed by atoms with van der Waals surface area (Å²) >= 11 is 6.12. The number of aromatic nitrogens is 2. The Kier molecular flexibility index (Phi) is 4.51. The number of hydrogen-bond donors (Lipinski definition) is 1. The maximum atomic E-state index is 12.6. The van der Waals surface area contributed by atoms with Gasteiger partial charge in [0, 0.05) is 28.9 Å². The fourth-order valence-corrected chi connectivity index (χ4v) is 3.99. The van der Waals surface area contributed by atoms with Crippen LogP contribution in [0.2, 0.25) is 5.15 Å². The van der Waals surface area contributed by atoms with Crippen molar-refractivity contribution >= 4 is 38.2 Å². The Morgan fingerprint density at radius 3 is 2.30 bits per heavy atom. The molecular weight excluding hydrogens is 382 g/mol. The van der Waals surface area contributed by atoms with E-state index in [2.05, 4.69) is 14.7 Å². The van der Waals surface area contributed by atoms with Crippen molar-refractivity contribution in [2.45, 2.75) is 4.90 Å². The summed E-state index contributed by atoms with van der Waals surface area (Å²) < 4.78 is 27.6. The van der Waals surface area contributed by atoms with E-state index in [0.29, 0.717) is 5.56 Å². The Balaban J connectivity index is 1.73. The topological polar surface area (TPSA) is 72.0 Å². The molecule has 0 radical (unpaired) electrons. The normalized spacial score (nSPS) is 11.4. The third-order valence-corrected chi connectivity index (χ3v) is 5.74. The summed E-state index contributed by atoms with van der Waals surface area (Å²) in [6.45, 7) is 0. The molecule has 4 aromatic rings. The minimum atomic E-state index is -3.76. The average molecular weight is 396 g/mol. The van der Waals surface area contributed by atoms with E-state index in [1.54, 1.807) is 36.7 Å². The predicted octanol–water partition coefficient (Wildman–Crippen LogP) is 4.75. The molecule has 2 heterocycles. The van der Waals surface area contributed by atoms with Crippen molar-refractivity contribution < 1.29 is 8.42 Å². The Hall–Kier alpha value is -2.96. The third kappa shape index (κ3) is 3.63. The maximum Gasteiger partial charge on any atom is 0.261 e. The highest BCUT2D eigenvalue weighted by atomic mass is 35.5. The van der Waals surface area contributed by atoms with Crippen LogP contribution in [-0.2, 0) is 10.0 Å². The largest absolute Gasteiger partial charge is 0.276 e. The number of anilines is 1. The quantitative estimate of drug-likeness (QED) is 0.506. The summed E-state index contributed by atoms with van der Waals surface area (Å²) in [5, 5.41) is 1.06. The fraction of sp³-hybridized carbons (Fsp3) is 0. The molecule has 2 aromatic heterocycles. The second-order valence-electron chi connectivity index (χ2n) is 5.90. The number of halogens is 1. The van der Waals surface area contributed by atoms with Crippen molar-refractivity contribution in [1.82, 2.24) is 9.97 Å². The van der Waals surface area contributed by atoms with Gasteiger partial charge in [0.1, 0.15) is 0 Å². The highest BCUT2D eigenvalue weighted by Crippen LogP contribution is 2.29. The first-order valence-corrected chi connectivity index (χ1v) is 9.98. The molecule has 7 heteroatoms. The van der Waals surface area contributed by atoms with Crippen LogP contribution in [0.5, 0.6) is 0 Å². The summed E-state index contributed by atoms with van der Waals surface area (Å²) in [5.41, 5.74) is 2.63. The van der Waals surface area contributed by atoms with Crippen molar-refractivity contribution in [3.05, 3.63) is 84.3 Å². The van der Waals surface area contributed by atoms with Crippen LogP contribution in [-0.4, -0.2) is 18.4 Å². The van der Waals surface area contributed by atoms with E-state index < -0.39 is 10.0 Å². The second kappa shape index (κ2) is 6.98. The minimum Gasteiger partial charge on any atom is -0.276 e. The van der Waals surface area contributed by atoms with Crippen LogP contribution in [0.4, 0.5) is 5.69 Å². The molecule has 0 saturated heterocycles. The van der Waals surface area contributed by atoms with Gasteiger partial charge in [0.25, 0.3) is 10.0 Å². The molecule has 4 rings (SSSR count). The zero-order valence-corrected chi connectivity index (χ0v) is 15.6. The van der Waals surface area contributed by atoms with Gasteiger partial charge in [0.15, 0.2) is 5.15 Å². The van der Waals surface area contributed by atoms with E-state index in [-0.39, 0.29) is 15.7 Å². The van der Waals surface area contributed by atoms with Crippen LogP contribution in [0.15, 0.2) is 84.0 Å². The van der Waals surface area contributed by atoms with Gasteiger partial charge in [-0.2, -0.15) is 0 Å². The predicted molar refractivity (Wildman–Crippen MR) is 107 cm³/mol. The third-order valence-electron chi connectivity index (χ3n) is 4.06. The molecule has 0 amide bonds. The molecule has 0 bridgehead atoms. The van der Waals surface area contributed by atoms with Crippen LogP contribution in [0.25, 0.3) is 22.0 Å². The van der Waals surface area contributed by atoms with Gasteiger partial charge < -0.3 is 0 Å². The SMILES string of the molecule is O=S(=O)(Nc1cc(-c2cnc3ccccc3c2)cnc1Cl)c1ccccc1. The number of benzene rings is 2. The smallest absolute Gasteiger partial charge is 0.261 e. The lowest BCUT2D eigenvalue weighted by Crippen LogP contribution is -2.13. The van der Waals surface area contributed by atoms with E-state index in [4.69, 9.17) is 11.6 Å². The number of rotatable bonds is 4. The number of fused-ring (bicyclic) bond motifs is 1. The van der Waals surface area contributed by atoms with Gasteiger partial charge in [0.05, 0.1) is 16.1 Å². The summed E-state index contributed by atoms with van der Waals surface area (Å²) in [6.07, 6.45) is 3.32. The lowest BCUT2D eigenvalue weighted by molar-refractivity contribution is 0.601. The lowest BCUT2D eigenvalue weighted by Gasteiger charge is -2.11. The Bertz CT molecular complexity index is 1230. The molecule has 134 valence electrons. The van der Waals surface area contributed by atoms with Crippen LogP contribution in [0.3, 0.4) is 0 Å². The second-order valence-corrected chi connectivity index (χ2v) is 7.94. The van der Waals surface area contributed by atoms with Crippen LogP contribution in [0.1, 0.15) is 0 Å². The summed E-state index contributed by atoms with van der Waals surface area (Å²) in [4.78, 5) is 8.71. The molecule has 0 aliphatic heterocycles. The monoisotopic (exact) mass is 395 g/mol. The van der Waals surface area contributed by atoms with Gasteiger partial charge in [-0.05, 0) is 30.3 Å². The fourth-order valence-electron chi connectivity index (χ4n) is 2.71. The first-order valence-electron chi connectivity index (χ1n) is 8.11. The zero-order chi connectivity index (χ0) is 18.9.